The van der Waals surface area contributed by atoms with Crippen LogP contribution in [0.5, 0.6) is 5.75 Å². The largest absolute Gasteiger partial charge is 0.422 e. The maximum absolute atomic E-state index is 11.3. The molecule has 0 fully saturated rings. The van der Waals surface area contributed by atoms with Gasteiger partial charge in [-0.2, -0.15) is 0 Å². The Morgan fingerprint density at radius 1 is 1.50 bits per heavy atom. The second-order valence-electron chi connectivity index (χ2n) is 3.18. The van der Waals surface area contributed by atoms with E-state index in [1.807, 2.05) is 0 Å². The summed E-state index contributed by atoms with van der Waals surface area (Å²) in [4.78, 5) is 22.5. The summed E-state index contributed by atoms with van der Waals surface area (Å²) in [6.45, 7) is 4.90. The van der Waals surface area contributed by atoms with E-state index in [9.17, 15) is 9.59 Å². The van der Waals surface area contributed by atoms with Crippen LogP contribution in [0.25, 0.3) is 0 Å². The fourth-order valence-corrected chi connectivity index (χ4v) is 1.29. The number of esters is 1. The molecule has 0 spiro atoms. The molecule has 0 aliphatic heterocycles. The van der Waals surface area contributed by atoms with Gasteiger partial charge in [0.05, 0.1) is 5.56 Å². The van der Waals surface area contributed by atoms with Crippen LogP contribution in [-0.4, -0.2) is 11.8 Å². The van der Waals surface area contributed by atoms with E-state index in [1.165, 1.54) is 6.92 Å². The Balaban J connectivity index is 3.24. The van der Waals surface area contributed by atoms with E-state index in [0.717, 1.165) is 6.08 Å². The second-order valence-corrected chi connectivity index (χ2v) is 3.18. The van der Waals surface area contributed by atoms with Crippen LogP contribution in [0.1, 0.15) is 22.8 Å². The molecule has 16 heavy (non-hydrogen) atoms. The maximum Gasteiger partial charge on any atom is 0.335 e. The van der Waals surface area contributed by atoms with E-state index in [-0.39, 0.29) is 18.1 Å². The van der Waals surface area contributed by atoms with E-state index in [1.54, 1.807) is 18.2 Å². The molecule has 1 aromatic carbocycles. The van der Waals surface area contributed by atoms with Gasteiger partial charge in [-0.3, -0.25) is 4.79 Å². The van der Waals surface area contributed by atoms with Crippen molar-refractivity contribution in [2.24, 2.45) is 5.73 Å². The average Bonchev–Trinajstić information content (AvgIpc) is 2.28. The lowest BCUT2D eigenvalue weighted by Crippen LogP contribution is -2.11. The second kappa shape index (κ2) is 5.23. The zero-order valence-corrected chi connectivity index (χ0v) is 9.03. The van der Waals surface area contributed by atoms with Crippen molar-refractivity contribution in [3.05, 3.63) is 42.0 Å². The first-order chi connectivity index (χ1) is 7.60. The number of rotatable bonds is 4. The van der Waals surface area contributed by atoms with Crippen molar-refractivity contribution in [1.82, 2.24) is 0 Å². The number of carbonyl (C=O) groups is 2. The lowest BCUT2D eigenvalue weighted by molar-refractivity contribution is -0.129. The van der Waals surface area contributed by atoms with Crippen LogP contribution in [0.3, 0.4) is 0 Å². The summed E-state index contributed by atoms with van der Waals surface area (Å²) in [5.41, 5.74) is 6.47. The van der Waals surface area contributed by atoms with Gasteiger partial charge in [-0.05, 0) is 13.0 Å². The lowest BCUT2D eigenvalue weighted by atomic mass is 10.1. The molecule has 84 valence electrons. The minimum atomic E-state index is -0.608. The van der Waals surface area contributed by atoms with E-state index in [2.05, 4.69) is 6.58 Å². The highest BCUT2D eigenvalue weighted by Crippen LogP contribution is 2.24. The number of ketones is 1. The predicted molar refractivity (Wildman–Crippen MR) is 60.2 cm³/mol. The van der Waals surface area contributed by atoms with Crippen LogP contribution < -0.4 is 10.5 Å². The summed E-state index contributed by atoms with van der Waals surface area (Å²) in [6, 6.07) is 5.00. The summed E-state index contributed by atoms with van der Waals surface area (Å²) in [7, 11) is 0. The molecule has 0 aliphatic carbocycles. The maximum atomic E-state index is 11.3. The topological polar surface area (TPSA) is 69.4 Å². The lowest BCUT2D eigenvalue weighted by Gasteiger charge is -2.10. The van der Waals surface area contributed by atoms with Gasteiger partial charge in [0.25, 0.3) is 0 Å². The molecule has 4 heteroatoms. The molecular formula is C12H13NO3. The molecule has 0 heterocycles. The van der Waals surface area contributed by atoms with E-state index < -0.39 is 5.97 Å². The first kappa shape index (κ1) is 12.1. The first-order valence-corrected chi connectivity index (χ1v) is 4.77. The fourth-order valence-electron chi connectivity index (χ4n) is 1.29. The van der Waals surface area contributed by atoms with Crippen LogP contribution in [0.2, 0.25) is 0 Å². The van der Waals surface area contributed by atoms with Gasteiger partial charge in [0.2, 0.25) is 0 Å². The molecule has 0 saturated heterocycles. The molecule has 0 bridgehead atoms. The highest BCUT2D eigenvalue weighted by molar-refractivity contribution is 5.98. The number of benzene rings is 1. The molecule has 0 unspecified atom stereocenters. The van der Waals surface area contributed by atoms with Crippen LogP contribution >= 0.6 is 0 Å². The third kappa shape index (κ3) is 2.55. The van der Waals surface area contributed by atoms with Crippen LogP contribution in [0, 0.1) is 0 Å². The van der Waals surface area contributed by atoms with Crippen molar-refractivity contribution < 1.29 is 14.3 Å². The number of hydrogen-bond acceptors (Lipinski definition) is 4. The van der Waals surface area contributed by atoms with E-state index in [4.69, 9.17) is 10.5 Å². The Bertz CT molecular complexity index is 438. The van der Waals surface area contributed by atoms with Crippen molar-refractivity contribution in [2.75, 3.05) is 0 Å². The molecule has 0 aromatic heterocycles. The fraction of sp³-hybridized carbons (Fsp3) is 0.167. The first-order valence-electron chi connectivity index (χ1n) is 4.77. The predicted octanol–water partition coefficient (Wildman–Crippen LogP) is 1.44. The van der Waals surface area contributed by atoms with Gasteiger partial charge in [0.1, 0.15) is 5.75 Å². The molecule has 1 rings (SSSR count). The molecule has 4 nitrogen and oxygen atoms in total. The Morgan fingerprint density at radius 3 is 2.69 bits per heavy atom. The van der Waals surface area contributed by atoms with Gasteiger partial charge in [-0.25, -0.2) is 4.79 Å². The van der Waals surface area contributed by atoms with Gasteiger partial charge < -0.3 is 10.5 Å². The molecule has 0 atom stereocenters. The van der Waals surface area contributed by atoms with Crippen molar-refractivity contribution in [3.63, 3.8) is 0 Å². The molecule has 2 N–H and O–H groups in total. The molecule has 0 radical (unpaired) electrons. The molecular weight excluding hydrogens is 206 g/mol. The third-order valence-electron chi connectivity index (χ3n) is 2.07. The molecule has 0 aliphatic rings. The molecule has 0 saturated carbocycles. The van der Waals surface area contributed by atoms with Gasteiger partial charge >= 0.3 is 5.97 Å². The van der Waals surface area contributed by atoms with Crippen molar-refractivity contribution in [2.45, 2.75) is 13.5 Å². The quantitative estimate of drug-likeness (QED) is 0.360. The number of Topliss-reactive ketones (excluding diaryl/α,β-unsaturated/α-hetero) is 1. The number of hydrogen-bond donors (Lipinski definition) is 1. The van der Waals surface area contributed by atoms with Crippen LogP contribution in [0.15, 0.2) is 30.9 Å². The monoisotopic (exact) mass is 219 g/mol. The Hall–Kier alpha value is -1.94. The molecule has 0 amide bonds. The minimum Gasteiger partial charge on any atom is -0.422 e. The summed E-state index contributed by atoms with van der Waals surface area (Å²) >= 11 is 0. The highest BCUT2D eigenvalue weighted by Gasteiger charge is 2.14. The zero-order chi connectivity index (χ0) is 12.1. The van der Waals surface area contributed by atoms with Gasteiger partial charge in [0.15, 0.2) is 5.78 Å². The van der Waals surface area contributed by atoms with Gasteiger partial charge in [0, 0.05) is 18.2 Å². The zero-order valence-electron chi connectivity index (χ0n) is 9.03. The molecule has 1 aromatic rings. The summed E-state index contributed by atoms with van der Waals surface area (Å²) in [6.07, 6.45) is 1.04. The number of carbonyl (C=O) groups excluding carboxylic acids is 2. The smallest absolute Gasteiger partial charge is 0.335 e. The minimum absolute atomic E-state index is 0.179. The number of nitrogens with two attached hydrogens (primary N) is 1. The summed E-state index contributed by atoms with van der Waals surface area (Å²) in [5.74, 6) is -0.562. The van der Waals surface area contributed by atoms with Gasteiger partial charge in [-0.15, -0.1) is 0 Å². The highest BCUT2D eigenvalue weighted by atomic mass is 16.5. The van der Waals surface area contributed by atoms with Crippen LogP contribution in [0.4, 0.5) is 0 Å². The van der Waals surface area contributed by atoms with Crippen molar-refractivity contribution >= 4 is 11.8 Å². The number of para-hydroxylation sites is 1. The van der Waals surface area contributed by atoms with E-state index in [0.29, 0.717) is 11.1 Å². The summed E-state index contributed by atoms with van der Waals surface area (Å²) < 4.78 is 5.02. The normalized spacial score (nSPS) is 9.62. The standard InChI is InChI=1S/C12H13NO3/c1-3-11(15)16-12-9(7-13)5-4-6-10(12)8(2)14/h3-6H,1,7,13H2,2H3. The van der Waals surface area contributed by atoms with E-state index >= 15 is 0 Å². The van der Waals surface area contributed by atoms with Crippen molar-refractivity contribution in [1.29, 1.82) is 0 Å². The average molecular weight is 219 g/mol. The Labute approximate surface area is 93.7 Å². The Morgan fingerprint density at radius 2 is 2.19 bits per heavy atom. The van der Waals surface area contributed by atoms with Crippen molar-refractivity contribution in [3.8, 4) is 5.75 Å². The Kier molecular flexibility index (Phi) is 3.96. The summed E-state index contributed by atoms with van der Waals surface area (Å²) in [5, 5.41) is 0. The van der Waals surface area contributed by atoms with Gasteiger partial charge in [-0.1, -0.05) is 18.7 Å². The third-order valence-corrected chi connectivity index (χ3v) is 2.07. The van der Waals surface area contributed by atoms with Crippen LogP contribution in [-0.2, 0) is 11.3 Å². The number of ether oxygens (including phenoxy) is 1. The SMILES string of the molecule is C=CC(=O)Oc1c(CN)cccc1C(C)=O.